The van der Waals surface area contributed by atoms with Gasteiger partial charge in [-0.25, -0.2) is 4.68 Å². The zero-order valence-electron chi connectivity index (χ0n) is 16.5. The van der Waals surface area contributed by atoms with Crippen molar-refractivity contribution in [1.29, 1.82) is 0 Å². The van der Waals surface area contributed by atoms with E-state index >= 15 is 0 Å². The molecule has 5 aromatic rings. The van der Waals surface area contributed by atoms with Crippen LogP contribution < -0.4 is 10.6 Å². The molecule has 1 unspecified atom stereocenters. The summed E-state index contributed by atoms with van der Waals surface area (Å²) < 4.78 is 3.58. The molecule has 0 spiro atoms. The summed E-state index contributed by atoms with van der Waals surface area (Å²) in [7, 11) is 0. The Labute approximate surface area is 186 Å². The lowest BCUT2D eigenvalue weighted by Gasteiger charge is -2.08. The molecule has 0 radical (unpaired) electrons. The Morgan fingerprint density at radius 3 is 2.78 bits per heavy atom. The summed E-state index contributed by atoms with van der Waals surface area (Å²) in [4.78, 5) is 8.92. The highest BCUT2D eigenvalue weighted by molar-refractivity contribution is 6.30. The van der Waals surface area contributed by atoms with Crippen LogP contribution in [0.4, 0.5) is 11.4 Å². The van der Waals surface area contributed by atoms with Crippen LogP contribution in [0.25, 0.3) is 28.1 Å². The molecule has 0 amide bonds. The summed E-state index contributed by atoms with van der Waals surface area (Å²) in [6.45, 7) is 0.489. The number of aliphatic hydroxyl groups is 1. The minimum atomic E-state index is -0.807. The van der Waals surface area contributed by atoms with Gasteiger partial charge in [0.2, 0.25) is 6.35 Å². The third-order valence-electron chi connectivity index (χ3n) is 5.24. The predicted molar refractivity (Wildman–Crippen MR) is 119 cm³/mol. The minimum Gasteiger partial charge on any atom is -0.357 e. The average molecular weight is 446 g/mol. The molecule has 11 heteroatoms. The third kappa shape index (κ3) is 3.22. The number of rotatable bonds is 4. The summed E-state index contributed by atoms with van der Waals surface area (Å²) in [5.74, 6) is 0. The number of nitrogens with zero attached hydrogens (tertiary/aromatic N) is 7. The number of aromatic nitrogens is 7. The highest BCUT2D eigenvalue weighted by Crippen LogP contribution is 2.31. The second kappa shape index (κ2) is 7.29. The first-order chi connectivity index (χ1) is 15.6. The van der Waals surface area contributed by atoms with Crippen LogP contribution >= 0.6 is 11.6 Å². The lowest BCUT2D eigenvalue weighted by Crippen LogP contribution is -2.20. The number of nitrogens with one attached hydrogen (secondary N) is 2. The van der Waals surface area contributed by atoms with Gasteiger partial charge in [-0.05, 0) is 42.5 Å². The fourth-order valence-electron chi connectivity index (χ4n) is 3.73. The Kier molecular flexibility index (Phi) is 4.27. The zero-order chi connectivity index (χ0) is 21.7. The number of fused-ring (bicyclic) bond motifs is 2. The van der Waals surface area contributed by atoms with Crippen LogP contribution in [0.15, 0.2) is 61.1 Å². The maximum Gasteiger partial charge on any atom is 0.202 e. The first-order valence-electron chi connectivity index (χ1n) is 9.84. The maximum atomic E-state index is 9.75. The number of hydrogen-bond donors (Lipinski definition) is 3. The van der Waals surface area contributed by atoms with E-state index in [1.54, 1.807) is 23.3 Å². The van der Waals surface area contributed by atoms with Crippen molar-refractivity contribution in [3.05, 3.63) is 71.8 Å². The highest BCUT2D eigenvalue weighted by atomic mass is 35.5. The molecule has 3 N–H and O–H groups in total. The van der Waals surface area contributed by atoms with Crippen molar-refractivity contribution in [1.82, 2.24) is 34.7 Å². The number of aliphatic hydroxyl groups excluding tert-OH is 1. The molecule has 32 heavy (non-hydrogen) atoms. The molecule has 6 rings (SSSR count). The Bertz CT molecular complexity index is 1440. The van der Waals surface area contributed by atoms with Crippen LogP contribution in [-0.2, 0) is 6.54 Å². The molecule has 1 atom stereocenters. The van der Waals surface area contributed by atoms with Gasteiger partial charge in [-0.2, -0.15) is 5.10 Å². The van der Waals surface area contributed by atoms with E-state index in [1.165, 1.54) is 0 Å². The Balaban J connectivity index is 1.38. The summed E-state index contributed by atoms with van der Waals surface area (Å²) in [5, 5.41) is 29.2. The predicted octanol–water partition coefficient (Wildman–Crippen LogP) is 2.89. The van der Waals surface area contributed by atoms with Gasteiger partial charge in [0.1, 0.15) is 5.52 Å². The maximum absolute atomic E-state index is 9.75. The van der Waals surface area contributed by atoms with E-state index in [4.69, 9.17) is 11.6 Å². The Hall–Kier alpha value is -4.02. The van der Waals surface area contributed by atoms with Crippen molar-refractivity contribution < 1.29 is 5.11 Å². The molecule has 0 aliphatic carbocycles. The highest BCUT2D eigenvalue weighted by Gasteiger charge is 2.19. The van der Waals surface area contributed by atoms with Crippen molar-refractivity contribution in [3.8, 4) is 17.1 Å². The van der Waals surface area contributed by atoms with Crippen LogP contribution in [-0.4, -0.2) is 46.2 Å². The number of anilines is 2. The smallest absolute Gasteiger partial charge is 0.202 e. The molecule has 10 nitrogen and oxygen atoms in total. The first kappa shape index (κ1) is 18.7. The Morgan fingerprint density at radius 2 is 1.91 bits per heavy atom. The second-order valence-corrected chi connectivity index (χ2v) is 7.76. The molecule has 1 aliphatic heterocycles. The van der Waals surface area contributed by atoms with E-state index in [1.807, 2.05) is 47.1 Å². The molecule has 0 fully saturated rings. The Morgan fingerprint density at radius 1 is 1.00 bits per heavy atom. The topological polar surface area (TPSA) is 119 Å². The molecule has 1 aromatic carbocycles. The van der Waals surface area contributed by atoms with Crippen molar-refractivity contribution in [3.63, 3.8) is 0 Å². The summed E-state index contributed by atoms with van der Waals surface area (Å²) in [6.07, 6.45) is 4.24. The van der Waals surface area contributed by atoms with Crippen LogP contribution in [0.1, 0.15) is 5.69 Å². The van der Waals surface area contributed by atoms with Gasteiger partial charge in [0.25, 0.3) is 0 Å². The second-order valence-electron chi connectivity index (χ2n) is 7.32. The molecule has 0 bridgehead atoms. The third-order valence-corrected chi connectivity index (χ3v) is 5.47. The fraction of sp³-hybridized carbons (Fsp3) is 0.0952. The average Bonchev–Trinajstić information content (AvgIpc) is 3.51. The van der Waals surface area contributed by atoms with E-state index < -0.39 is 6.35 Å². The molecule has 0 saturated heterocycles. The van der Waals surface area contributed by atoms with E-state index in [-0.39, 0.29) is 0 Å². The van der Waals surface area contributed by atoms with Crippen LogP contribution in [0.5, 0.6) is 0 Å². The standard InChI is InChI=1S/C21H16ClN9O/c22-12-1-2-13(23-9-12)11-30-19(5-6-25-30)17-8-20-18(10-24-17)28-29-31(20)14-3-4-15-16(7-14)27-21(32)26-15/h1-10,21,26-27,32H,11H2. The normalized spacial score (nSPS) is 14.9. The quantitative estimate of drug-likeness (QED) is 0.386. The summed E-state index contributed by atoms with van der Waals surface area (Å²) in [5.41, 5.74) is 6.33. The molecule has 1 aliphatic rings. The number of benzene rings is 1. The van der Waals surface area contributed by atoms with Gasteiger partial charge in [0, 0.05) is 12.4 Å². The first-order valence-corrected chi connectivity index (χ1v) is 10.2. The SMILES string of the molecule is OC1Nc2ccc(-n3nnc4cnc(-c5ccnn5Cc5ccc(Cl)cn5)cc43)cc2N1. The van der Waals surface area contributed by atoms with Crippen molar-refractivity contribution >= 4 is 34.0 Å². The van der Waals surface area contributed by atoms with Crippen molar-refractivity contribution in [2.75, 3.05) is 10.6 Å². The number of hydrogen-bond acceptors (Lipinski definition) is 8. The van der Waals surface area contributed by atoms with Gasteiger partial charge in [-0.3, -0.25) is 14.6 Å². The molecule has 4 aromatic heterocycles. The summed E-state index contributed by atoms with van der Waals surface area (Å²) in [6, 6.07) is 13.2. The summed E-state index contributed by atoms with van der Waals surface area (Å²) >= 11 is 5.94. The van der Waals surface area contributed by atoms with E-state index in [0.29, 0.717) is 17.1 Å². The van der Waals surface area contributed by atoms with E-state index in [0.717, 1.165) is 39.7 Å². The number of halogens is 1. The van der Waals surface area contributed by atoms with Crippen LogP contribution in [0.3, 0.4) is 0 Å². The molecular formula is C21H16ClN9O. The number of pyridine rings is 2. The lowest BCUT2D eigenvalue weighted by molar-refractivity contribution is 0.238. The van der Waals surface area contributed by atoms with Gasteiger partial charge in [-0.1, -0.05) is 16.8 Å². The van der Waals surface area contributed by atoms with Crippen LogP contribution in [0.2, 0.25) is 5.02 Å². The molecule has 158 valence electrons. The van der Waals surface area contributed by atoms with Gasteiger partial charge in [-0.15, -0.1) is 5.10 Å². The van der Waals surface area contributed by atoms with E-state index in [2.05, 4.69) is 36.0 Å². The fourth-order valence-corrected chi connectivity index (χ4v) is 3.84. The molecular weight excluding hydrogens is 430 g/mol. The minimum absolute atomic E-state index is 0.489. The van der Waals surface area contributed by atoms with E-state index in [9.17, 15) is 5.11 Å². The van der Waals surface area contributed by atoms with Gasteiger partial charge in [0.05, 0.1) is 57.4 Å². The largest absolute Gasteiger partial charge is 0.357 e. The van der Waals surface area contributed by atoms with Crippen molar-refractivity contribution in [2.45, 2.75) is 12.9 Å². The van der Waals surface area contributed by atoms with Gasteiger partial charge >= 0.3 is 0 Å². The van der Waals surface area contributed by atoms with Gasteiger partial charge < -0.3 is 15.7 Å². The molecule has 0 saturated carbocycles. The lowest BCUT2D eigenvalue weighted by atomic mass is 10.2. The van der Waals surface area contributed by atoms with Crippen molar-refractivity contribution in [2.24, 2.45) is 0 Å². The zero-order valence-corrected chi connectivity index (χ0v) is 17.3. The van der Waals surface area contributed by atoms with Crippen LogP contribution in [0, 0.1) is 0 Å². The monoisotopic (exact) mass is 445 g/mol. The van der Waals surface area contributed by atoms with Gasteiger partial charge in [0.15, 0.2) is 0 Å². The molecule has 5 heterocycles.